The van der Waals surface area contributed by atoms with Gasteiger partial charge in [-0.05, 0) is 24.6 Å². The van der Waals surface area contributed by atoms with Gasteiger partial charge >= 0.3 is 0 Å². The van der Waals surface area contributed by atoms with Crippen molar-refractivity contribution in [2.45, 2.75) is 70.5 Å². The summed E-state index contributed by atoms with van der Waals surface area (Å²) in [4.78, 5) is 0. The van der Waals surface area contributed by atoms with Gasteiger partial charge in [-0.25, -0.2) is 0 Å². The predicted octanol–water partition coefficient (Wildman–Crippen LogP) is 4.34. The second-order valence-electron chi connectivity index (χ2n) is 4.65. The van der Waals surface area contributed by atoms with Crippen molar-refractivity contribution in [3.8, 4) is 0 Å². The van der Waals surface area contributed by atoms with E-state index < -0.39 is 8.32 Å². The summed E-state index contributed by atoms with van der Waals surface area (Å²) in [6, 6.07) is 4.22. The maximum absolute atomic E-state index is 6.13. The van der Waals surface area contributed by atoms with E-state index in [1.165, 1.54) is 56.7 Å². The Morgan fingerprint density at radius 1 is 1.07 bits per heavy atom. The molecule has 0 aliphatic carbocycles. The smallest absolute Gasteiger partial charge is 0.192 e. The molecule has 1 aliphatic rings. The maximum Gasteiger partial charge on any atom is 0.192 e. The van der Waals surface area contributed by atoms with Gasteiger partial charge in [-0.1, -0.05) is 46.0 Å². The Morgan fingerprint density at radius 3 is 2.50 bits per heavy atom. The van der Waals surface area contributed by atoms with Crippen LogP contribution in [0.1, 0.15) is 52.4 Å². The van der Waals surface area contributed by atoms with Gasteiger partial charge in [-0.2, -0.15) is 0 Å². The molecule has 84 valence electrons. The Labute approximate surface area is 90.4 Å². The number of hydrogen-bond acceptors (Lipinski definition) is 1. The molecule has 1 heterocycles. The highest BCUT2D eigenvalue weighted by molar-refractivity contribution is 6.73. The van der Waals surface area contributed by atoms with Gasteiger partial charge in [-0.3, -0.25) is 0 Å². The second-order valence-corrected chi connectivity index (χ2v) is 9.01. The highest BCUT2D eigenvalue weighted by Crippen LogP contribution is 2.30. The van der Waals surface area contributed by atoms with Gasteiger partial charge in [0.25, 0.3) is 0 Å². The van der Waals surface area contributed by atoms with Gasteiger partial charge in [0.2, 0.25) is 0 Å². The standard InChI is InChI=1S/C12H26OSi/c1-3-5-6-8-11-14(4-2)12-9-7-10-13-14/h3-12H2,1-2H3. The first kappa shape index (κ1) is 12.2. The lowest BCUT2D eigenvalue weighted by Gasteiger charge is -2.34. The molecule has 1 unspecified atom stereocenters. The van der Waals surface area contributed by atoms with Crippen LogP contribution >= 0.6 is 0 Å². The summed E-state index contributed by atoms with van der Waals surface area (Å²) in [7, 11) is -1.21. The largest absolute Gasteiger partial charge is 0.417 e. The van der Waals surface area contributed by atoms with Crippen molar-refractivity contribution in [2.75, 3.05) is 6.61 Å². The average molecular weight is 214 g/mol. The van der Waals surface area contributed by atoms with Gasteiger partial charge in [0.05, 0.1) is 0 Å². The van der Waals surface area contributed by atoms with Crippen molar-refractivity contribution in [3.63, 3.8) is 0 Å². The topological polar surface area (TPSA) is 9.23 Å². The van der Waals surface area contributed by atoms with E-state index in [2.05, 4.69) is 13.8 Å². The van der Waals surface area contributed by atoms with E-state index in [0.717, 1.165) is 6.61 Å². The molecule has 1 nitrogen and oxygen atoms in total. The van der Waals surface area contributed by atoms with Crippen LogP contribution in [0.15, 0.2) is 0 Å². The second kappa shape index (κ2) is 6.62. The van der Waals surface area contributed by atoms with Crippen LogP contribution in [0, 0.1) is 0 Å². The molecule has 0 aromatic rings. The molecule has 0 spiro atoms. The number of rotatable bonds is 6. The van der Waals surface area contributed by atoms with Crippen molar-refractivity contribution in [2.24, 2.45) is 0 Å². The van der Waals surface area contributed by atoms with Crippen molar-refractivity contribution in [1.29, 1.82) is 0 Å². The fourth-order valence-electron chi connectivity index (χ4n) is 2.44. The first-order valence-corrected chi connectivity index (χ1v) is 9.00. The lowest BCUT2D eigenvalue weighted by molar-refractivity contribution is 0.265. The van der Waals surface area contributed by atoms with Gasteiger partial charge in [0, 0.05) is 6.61 Å². The Bertz CT molecular complexity index is 141. The van der Waals surface area contributed by atoms with Crippen molar-refractivity contribution in [1.82, 2.24) is 0 Å². The van der Waals surface area contributed by atoms with E-state index in [4.69, 9.17) is 4.43 Å². The first-order chi connectivity index (χ1) is 6.83. The molecule has 0 aromatic heterocycles. The quantitative estimate of drug-likeness (QED) is 0.472. The minimum atomic E-state index is -1.21. The monoisotopic (exact) mass is 214 g/mol. The summed E-state index contributed by atoms with van der Waals surface area (Å²) < 4.78 is 6.13. The molecule has 0 saturated carbocycles. The van der Waals surface area contributed by atoms with Crippen LogP contribution in [-0.4, -0.2) is 14.9 Å². The Kier molecular flexibility index (Phi) is 5.79. The molecular formula is C12H26OSi. The lowest BCUT2D eigenvalue weighted by Crippen LogP contribution is -2.40. The highest BCUT2D eigenvalue weighted by atomic mass is 28.4. The molecule has 1 saturated heterocycles. The van der Waals surface area contributed by atoms with Crippen LogP contribution in [-0.2, 0) is 4.43 Å². The van der Waals surface area contributed by atoms with Gasteiger partial charge in [-0.15, -0.1) is 0 Å². The lowest BCUT2D eigenvalue weighted by atomic mass is 10.2. The van der Waals surface area contributed by atoms with E-state index in [-0.39, 0.29) is 0 Å². The average Bonchev–Trinajstić information content (AvgIpc) is 2.26. The summed E-state index contributed by atoms with van der Waals surface area (Å²) in [5.41, 5.74) is 0. The van der Waals surface area contributed by atoms with Gasteiger partial charge in [0.1, 0.15) is 0 Å². The van der Waals surface area contributed by atoms with Crippen molar-refractivity contribution in [3.05, 3.63) is 0 Å². The zero-order valence-corrected chi connectivity index (χ0v) is 11.0. The molecule has 1 fully saturated rings. The van der Waals surface area contributed by atoms with E-state index in [1.54, 1.807) is 0 Å². The third-order valence-corrected chi connectivity index (χ3v) is 8.20. The molecule has 0 N–H and O–H groups in total. The van der Waals surface area contributed by atoms with Gasteiger partial charge in [0.15, 0.2) is 8.32 Å². The zero-order chi connectivity index (χ0) is 10.3. The maximum atomic E-state index is 6.13. The molecule has 1 atom stereocenters. The summed E-state index contributed by atoms with van der Waals surface area (Å²) in [6.45, 7) is 5.69. The summed E-state index contributed by atoms with van der Waals surface area (Å²) in [5.74, 6) is 0. The predicted molar refractivity (Wildman–Crippen MR) is 65.2 cm³/mol. The Balaban J connectivity index is 2.22. The minimum Gasteiger partial charge on any atom is -0.417 e. The van der Waals surface area contributed by atoms with E-state index in [1.807, 2.05) is 0 Å². The highest BCUT2D eigenvalue weighted by Gasteiger charge is 2.33. The summed E-state index contributed by atoms with van der Waals surface area (Å²) in [5, 5.41) is 0. The fourth-order valence-corrected chi connectivity index (χ4v) is 6.25. The van der Waals surface area contributed by atoms with Crippen LogP contribution in [0.5, 0.6) is 0 Å². The molecule has 0 bridgehead atoms. The molecular weight excluding hydrogens is 188 g/mol. The molecule has 1 rings (SSSR count). The zero-order valence-electron chi connectivity index (χ0n) is 9.98. The van der Waals surface area contributed by atoms with E-state index >= 15 is 0 Å². The van der Waals surface area contributed by atoms with Crippen LogP contribution < -0.4 is 0 Å². The van der Waals surface area contributed by atoms with Crippen LogP contribution in [0.3, 0.4) is 0 Å². The van der Waals surface area contributed by atoms with Gasteiger partial charge < -0.3 is 4.43 Å². The van der Waals surface area contributed by atoms with E-state index in [0.29, 0.717) is 0 Å². The third kappa shape index (κ3) is 3.74. The minimum absolute atomic E-state index is 1.06. The number of hydrogen-bond donors (Lipinski definition) is 0. The number of unbranched alkanes of at least 4 members (excludes halogenated alkanes) is 3. The van der Waals surface area contributed by atoms with Crippen LogP contribution in [0.25, 0.3) is 0 Å². The molecule has 0 aromatic carbocycles. The fraction of sp³-hybridized carbons (Fsp3) is 1.00. The van der Waals surface area contributed by atoms with Crippen LogP contribution in [0.2, 0.25) is 18.1 Å². The summed E-state index contributed by atoms with van der Waals surface area (Å²) in [6.07, 6.45) is 8.36. The van der Waals surface area contributed by atoms with Crippen molar-refractivity contribution < 1.29 is 4.43 Å². The van der Waals surface area contributed by atoms with Crippen molar-refractivity contribution >= 4 is 8.32 Å². The van der Waals surface area contributed by atoms with E-state index in [9.17, 15) is 0 Å². The van der Waals surface area contributed by atoms with Crippen LogP contribution in [0.4, 0.5) is 0 Å². The third-order valence-electron chi connectivity index (χ3n) is 3.57. The molecule has 0 radical (unpaired) electrons. The normalized spacial score (nSPS) is 27.9. The Hall–Kier alpha value is 0.177. The molecule has 2 heteroatoms. The SMILES string of the molecule is CCCCCC[Si]1(CC)CCCCO1. The molecule has 14 heavy (non-hydrogen) atoms. The first-order valence-electron chi connectivity index (χ1n) is 6.47. The molecule has 1 aliphatic heterocycles. The summed E-state index contributed by atoms with van der Waals surface area (Å²) >= 11 is 0. The Morgan fingerprint density at radius 2 is 1.93 bits per heavy atom. The molecule has 0 amide bonds.